The van der Waals surface area contributed by atoms with Gasteiger partial charge in [-0.25, -0.2) is 14.0 Å². The highest BCUT2D eigenvalue weighted by atomic mass is 19.1. The van der Waals surface area contributed by atoms with Crippen molar-refractivity contribution in [2.24, 2.45) is 0 Å². The fourth-order valence-electron chi connectivity index (χ4n) is 2.29. The van der Waals surface area contributed by atoms with Crippen LogP contribution in [0.5, 0.6) is 5.75 Å². The lowest BCUT2D eigenvalue weighted by atomic mass is 10.1. The van der Waals surface area contributed by atoms with Gasteiger partial charge in [0, 0.05) is 0 Å². The van der Waals surface area contributed by atoms with Crippen molar-refractivity contribution in [1.29, 1.82) is 0 Å². The molecular formula is C18H23FN2O6. The van der Waals surface area contributed by atoms with Crippen LogP contribution in [0, 0.1) is 0 Å². The standard InChI is InChI=1S/C18H23FN2O6/c1-18(2,3)27-17(24)20-13-9-21(15(13)22)14(19)16(23)26-10-11-5-7-12(25-4)8-6-11/h5-8,13-14H,9-10H2,1-4H3,(H,20,24)/t13-,14?/m0/s1. The molecule has 1 N–H and O–H groups in total. The second kappa shape index (κ2) is 8.24. The van der Waals surface area contributed by atoms with Gasteiger partial charge in [-0.05, 0) is 38.5 Å². The molecule has 27 heavy (non-hydrogen) atoms. The summed E-state index contributed by atoms with van der Waals surface area (Å²) in [4.78, 5) is 36.1. The van der Waals surface area contributed by atoms with Gasteiger partial charge >= 0.3 is 12.1 Å². The lowest BCUT2D eigenvalue weighted by molar-refractivity contribution is -0.172. The molecular weight excluding hydrogens is 359 g/mol. The van der Waals surface area contributed by atoms with Crippen molar-refractivity contribution in [3.63, 3.8) is 0 Å². The topological polar surface area (TPSA) is 94.2 Å². The number of amides is 2. The molecule has 0 aromatic heterocycles. The van der Waals surface area contributed by atoms with Gasteiger partial charge in [0.2, 0.25) is 5.91 Å². The number of esters is 1. The van der Waals surface area contributed by atoms with Crippen molar-refractivity contribution >= 4 is 18.0 Å². The first-order chi connectivity index (χ1) is 12.6. The van der Waals surface area contributed by atoms with Crippen LogP contribution in [0.1, 0.15) is 26.3 Å². The average molecular weight is 382 g/mol. The molecule has 9 heteroatoms. The molecule has 1 heterocycles. The first kappa shape index (κ1) is 20.5. The average Bonchev–Trinajstić information content (AvgIpc) is 2.60. The molecule has 2 rings (SSSR count). The Labute approximate surface area is 156 Å². The zero-order valence-corrected chi connectivity index (χ0v) is 15.7. The summed E-state index contributed by atoms with van der Waals surface area (Å²) in [5.41, 5.74) is -0.0690. The number of likely N-dealkylation sites (tertiary alicyclic amines) is 1. The van der Waals surface area contributed by atoms with Crippen molar-refractivity contribution in [2.45, 2.75) is 45.3 Å². The summed E-state index contributed by atoms with van der Waals surface area (Å²) in [5.74, 6) is -1.24. The Hall–Kier alpha value is -2.84. The van der Waals surface area contributed by atoms with E-state index in [0.29, 0.717) is 16.2 Å². The molecule has 0 aliphatic carbocycles. The minimum Gasteiger partial charge on any atom is -0.497 e. The molecule has 2 amide bonds. The number of benzene rings is 1. The van der Waals surface area contributed by atoms with Gasteiger partial charge in [-0.15, -0.1) is 0 Å². The Bertz CT molecular complexity index is 701. The zero-order valence-electron chi connectivity index (χ0n) is 15.7. The number of carbonyl (C=O) groups excluding carboxylic acids is 3. The maximum absolute atomic E-state index is 14.2. The Morgan fingerprint density at radius 1 is 1.30 bits per heavy atom. The lowest BCUT2D eigenvalue weighted by Gasteiger charge is -2.39. The maximum Gasteiger partial charge on any atom is 0.408 e. The van der Waals surface area contributed by atoms with E-state index in [1.807, 2.05) is 0 Å². The summed E-state index contributed by atoms with van der Waals surface area (Å²) in [5, 5.41) is 2.33. The largest absolute Gasteiger partial charge is 0.497 e. The summed E-state index contributed by atoms with van der Waals surface area (Å²) >= 11 is 0. The van der Waals surface area contributed by atoms with Crippen molar-refractivity contribution in [2.75, 3.05) is 13.7 Å². The number of hydrogen-bond acceptors (Lipinski definition) is 6. The van der Waals surface area contributed by atoms with Crippen molar-refractivity contribution in [3.8, 4) is 5.75 Å². The Morgan fingerprint density at radius 2 is 1.93 bits per heavy atom. The van der Waals surface area contributed by atoms with E-state index < -0.39 is 35.9 Å². The molecule has 1 fully saturated rings. The van der Waals surface area contributed by atoms with E-state index in [2.05, 4.69) is 5.32 Å². The number of β-lactam (4-membered cyclic amide) rings is 1. The van der Waals surface area contributed by atoms with Crippen molar-refractivity contribution in [1.82, 2.24) is 10.2 Å². The first-order valence-corrected chi connectivity index (χ1v) is 8.34. The molecule has 0 bridgehead atoms. The van der Waals surface area contributed by atoms with Gasteiger partial charge in [-0.2, -0.15) is 0 Å². The normalized spacial score (nSPS) is 17.6. The number of carbonyl (C=O) groups is 3. The zero-order chi connectivity index (χ0) is 20.2. The van der Waals surface area contributed by atoms with Crippen molar-refractivity contribution in [3.05, 3.63) is 29.8 Å². The van der Waals surface area contributed by atoms with Gasteiger partial charge in [-0.1, -0.05) is 12.1 Å². The number of alkyl carbamates (subject to hydrolysis) is 1. The predicted molar refractivity (Wildman–Crippen MR) is 92.6 cm³/mol. The molecule has 8 nitrogen and oxygen atoms in total. The molecule has 0 saturated carbocycles. The van der Waals surface area contributed by atoms with Crippen LogP contribution < -0.4 is 10.1 Å². The molecule has 1 saturated heterocycles. The number of halogens is 1. The summed E-state index contributed by atoms with van der Waals surface area (Å²) in [6.45, 7) is 4.76. The van der Waals surface area contributed by atoms with E-state index in [4.69, 9.17) is 14.2 Å². The van der Waals surface area contributed by atoms with Crippen LogP contribution in [-0.4, -0.2) is 54.5 Å². The maximum atomic E-state index is 14.2. The number of rotatable bonds is 6. The third kappa shape index (κ3) is 5.57. The number of methoxy groups -OCH3 is 1. The molecule has 1 unspecified atom stereocenters. The molecule has 1 aromatic carbocycles. The Kier molecular flexibility index (Phi) is 6.24. The molecule has 0 radical (unpaired) electrons. The predicted octanol–water partition coefficient (Wildman–Crippen LogP) is 1.77. The Balaban J connectivity index is 1.78. The Morgan fingerprint density at radius 3 is 2.44 bits per heavy atom. The fraction of sp³-hybridized carbons (Fsp3) is 0.500. The van der Waals surface area contributed by atoms with Crippen LogP contribution >= 0.6 is 0 Å². The third-order valence-corrected chi connectivity index (χ3v) is 3.66. The van der Waals surface area contributed by atoms with Crippen LogP contribution in [0.3, 0.4) is 0 Å². The second-order valence-corrected chi connectivity index (χ2v) is 6.98. The quantitative estimate of drug-likeness (QED) is 0.458. The first-order valence-electron chi connectivity index (χ1n) is 8.34. The van der Waals surface area contributed by atoms with E-state index in [-0.39, 0.29) is 13.2 Å². The minimum absolute atomic E-state index is 0.134. The summed E-state index contributed by atoms with van der Waals surface area (Å²) in [6.07, 6.45) is -3.01. The number of nitrogens with zero attached hydrogens (tertiary/aromatic N) is 1. The molecule has 1 aromatic rings. The van der Waals surface area contributed by atoms with Gasteiger partial charge in [0.15, 0.2) is 0 Å². The van der Waals surface area contributed by atoms with E-state index in [1.165, 1.54) is 7.11 Å². The van der Waals surface area contributed by atoms with Crippen LogP contribution in [-0.2, 0) is 25.7 Å². The number of hydrogen-bond donors (Lipinski definition) is 1. The number of nitrogens with one attached hydrogen (secondary N) is 1. The van der Waals surface area contributed by atoms with E-state index in [1.54, 1.807) is 45.0 Å². The lowest BCUT2D eigenvalue weighted by Crippen LogP contribution is -2.67. The molecule has 0 spiro atoms. The molecule has 1 aliphatic heterocycles. The van der Waals surface area contributed by atoms with Crippen LogP contribution in [0.4, 0.5) is 9.18 Å². The van der Waals surface area contributed by atoms with Gasteiger partial charge in [0.25, 0.3) is 6.30 Å². The summed E-state index contributed by atoms with van der Waals surface area (Å²) < 4.78 is 29.1. The number of alkyl halides is 1. The van der Waals surface area contributed by atoms with Gasteiger partial charge in [0.05, 0.1) is 13.7 Å². The van der Waals surface area contributed by atoms with Crippen LogP contribution in [0.15, 0.2) is 24.3 Å². The molecule has 148 valence electrons. The van der Waals surface area contributed by atoms with Gasteiger partial charge in [0.1, 0.15) is 24.0 Å². The monoisotopic (exact) mass is 382 g/mol. The van der Waals surface area contributed by atoms with Crippen LogP contribution in [0.25, 0.3) is 0 Å². The van der Waals surface area contributed by atoms with Crippen molar-refractivity contribution < 1.29 is 33.0 Å². The van der Waals surface area contributed by atoms with Crippen LogP contribution in [0.2, 0.25) is 0 Å². The van der Waals surface area contributed by atoms with E-state index in [9.17, 15) is 18.8 Å². The highest BCUT2D eigenvalue weighted by Crippen LogP contribution is 2.18. The van der Waals surface area contributed by atoms with Gasteiger partial charge < -0.3 is 19.5 Å². The smallest absolute Gasteiger partial charge is 0.408 e. The summed E-state index contributed by atoms with van der Waals surface area (Å²) in [6, 6.07) is 5.79. The second-order valence-electron chi connectivity index (χ2n) is 6.98. The fourth-order valence-corrected chi connectivity index (χ4v) is 2.29. The van der Waals surface area contributed by atoms with E-state index >= 15 is 0 Å². The minimum atomic E-state index is -2.23. The SMILES string of the molecule is COc1ccc(COC(=O)C(F)N2C[C@H](NC(=O)OC(C)(C)C)C2=O)cc1. The van der Waals surface area contributed by atoms with Gasteiger partial charge in [-0.3, -0.25) is 9.69 Å². The molecule has 1 aliphatic rings. The van der Waals surface area contributed by atoms with E-state index in [0.717, 1.165) is 0 Å². The number of ether oxygens (including phenoxy) is 3. The highest BCUT2D eigenvalue weighted by molar-refractivity contribution is 5.94. The third-order valence-electron chi connectivity index (χ3n) is 3.66. The summed E-state index contributed by atoms with van der Waals surface area (Å²) in [7, 11) is 1.53. The highest BCUT2D eigenvalue weighted by Gasteiger charge is 2.45. The molecule has 2 atom stereocenters.